The molecule has 1 aliphatic rings. The molecular formula is C13H28N2O. The summed E-state index contributed by atoms with van der Waals surface area (Å²) < 4.78 is 0. The predicted octanol–water partition coefficient (Wildman–Crippen LogP) is 1.47. The molecule has 1 saturated heterocycles. The van der Waals surface area contributed by atoms with Crippen LogP contribution < -0.4 is 5.32 Å². The zero-order chi connectivity index (χ0) is 11.8. The first-order valence-corrected chi connectivity index (χ1v) is 6.82. The summed E-state index contributed by atoms with van der Waals surface area (Å²) in [7, 11) is 0. The zero-order valence-electron chi connectivity index (χ0n) is 10.9. The summed E-state index contributed by atoms with van der Waals surface area (Å²) in [6, 6.07) is 0.289. The number of nitrogens with one attached hydrogen (secondary N) is 1. The number of aliphatic hydroxyl groups is 1. The van der Waals surface area contributed by atoms with E-state index in [1.54, 1.807) is 0 Å². The van der Waals surface area contributed by atoms with E-state index in [4.69, 9.17) is 0 Å². The molecule has 1 rings (SSSR count). The van der Waals surface area contributed by atoms with E-state index in [-0.39, 0.29) is 12.6 Å². The molecule has 1 fully saturated rings. The second kappa shape index (κ2) is 8.04. The maximum atomic E-state index is 9.25. The van der Waals surface area contributed by atoms with Crippen molar-refractivity contribution in [2.24, 2.45) is 5.92 Å². The summed E-state index contributed by atoms with van der Waals surface area (Å²) in [5.41, 5.74) is 0. The lowest BCUT2D eigenvalue weighted by Crippen LogP contribution is -2.40. The van der Waals surface area contributed by atoms with Crippen LogP contribution in [0.3, 0.4) is 0 Å². The Labute approximate surface area is 100 Å². The van der Waals surface area contributed by atoms with Gasteiger partial charge < -0.3 is 15.3 Å². The van der Waals surface area contributed by atoms with Crippen LogP contribution in [-0.4, -0.2) is 48.8 Å². The van der Waals surface area contributed by atoms with E-state index in [0.29, 0.717) is 0 Å². The third kappa shape index (κ3) is 5.28. The lowest BCUT2D eigenvalue weighted by atomic mass is 10.00. The van der Waals surface area contributed by atoms with Crippen LogP contribution in [0.4, 0.5) is 0 Å². The SMILES string of the molecule is CCCNC(CO)CCN1CCCC(C)C1. The van der Waals surface area contributed by atoms with Crippen molar-refractivity contribution in [2.45, 2.75) is 45.6 Å². The molecule has 3 heteroatoms. The highest BCUT2D eigenvalue weighted by Crippen LogP contribution is 2.15. The minimum Gasteiger partial charge on any atom is -0.395 e. The normalized spacial score (nSPS) is 24.6. The second-order valence-electron chi connectivity index (χ2n) is 5.17. The minimum atomic E-state index is 0.267. The highest BCUT2D eigenvalue weighted by Gasteiger charge is 2.17. The Morgan fingerprint density at radius 3 is 2.94 bits per heavy atom. The summed E-state index contributed by atoms with van der Waals surface area (Å²) >= 11 is 0. The van der Waals surface area contributed by atoms with Gasteiger partial charge in [0.25, 0.3) is 0 Å². The van der Waals surface area contributed by atoms with Crippen LogP contribution >= 0.6 is 0 Å². The van der Waals surface area contributed by atoms with Crippen molar-refractivity contribution in [1.29, 1.82) is 0 Å². The Balaban J connectivity index is 2.15. The Kier molecular flexibility index (Phi) is 7.01. The highest BCUT2D eigenvalue weighted by molar-refractivity contribution is 4.73. The first kappa shape index (κ1) is 13.9. The first-order chi connectivity index (χ1) is 7.76. The van der Waals surface area contributed by atoms with Gasteiger partial charge in [0, 0.05) is 12.6 Å². The third-order valence-electron chi connectivity index (χ3n) is 3.44. The average Bonchev–Trinajstić information content (AvgIpc) is 2.29. The smallest absolute Gasteiger partial charge is 0.0585 e. The zero-order valence-corrected chi connectivity index (χ0v) is 10.9. The van der Waals surface area contributed by atoms with E-state index < -0.39 is 0 Å². The summed E-state index contributed by atoms with van der Waals surface area (Å²) in [5, 5.41) is 12.6. The molecule has 0 saturated carbocycles. The van der Waals surface area contributed by atoms with E-state index in [9.17, 15) is 5.11 Å². The molecule has 16 heavy (non-hydrogen) atoms. The number of hydrogen-bond acceptors (Lipinski definition) is 3. The Hall–Kier alpha value is -0.120. The van der Waals surface area contributed by atoms with E-state index in [1.807, 2.05) is 0 Å². The number of likely N-dealkylation sites (tertiary alicyclic amines) is 1. The van der Waals surface area contributed by atoms with Crippen molar-refractivity contribution in [3.8, 4) is 0 Å². The lowest BCUT2D eigenvalue weighted by molar-refractivity contribution is 0.162. The van der Waals surface area contributed by atoms with Gasteiger partial charge >= 0.3 is 0 Å². The van der Waals surface area contributed by atoms with Crippen molar-refractivity contribution < 1.29 is 5.11 Å². The standard InChI is InChI=1S/C13H28N2O/c1-3-7-14-13(11-16)6-9-15-8-4-5-12(2)10-15/h12-14,16H,3-11H2,1-2H3. The van der Waals surface area contributed by atoms with Gasteiger partial charge in [0.1, 0.15) is 0 Å². The molecule has 2 unspecified atom stereocenters. The minimum absolute atomic E-state index is 0.267. The van der Waals surface area contributed by atoms with Crippen LogP contribution in [0.15, 0.2) is 0 Å². The molecule has 2 atom stereocenters. The van der Waals surface area contributed by atoms with Crippen molar-refractivity contribution in [3.63, 3.8) is 0 Å². The number of hydrogen-bond donors (Lipinski definition) is 2. The summed E-state index contributed by atoms with van der Waals surface area (Å²) in [4.78, 5) is 2.55. The molecule has 0 aromatic rings. The summed E-state index contributed by atoms with van der Waals surface area (Å²) in [6.07, 6.45) is 4.93. The van der Waals surface area contributed by atoms with E-state index in [0.717, 1.165) is 31.8 Å². The second-order valence-corrected chi connectivity index (χ2v) is 5.17. The topological polar surface area (TPSA) is 35.5 Å². The predicted molar refractivity (Wildman–Crippen MR) is 68.6 cm³/mol. The fourth-order valence-electron chi connectivity index (χ4n) is 2.43. The largest absolute Gasteiger partial charge is 0.395 e. The van der Waals surface area contributed by atoms with E-state index in [2.05, 4.69) is 24.1 Å². The molecule has 1 heterocycles. The van der Waals surface area contributed by atoms with Gasteiger partial charge in [-0.15, -0.1) is 0 Å². The highest BCUT2D eigenvalue weighted by atomic mass is 16.3. The van der Waals surface area contributed by atoms with Crippen LogP contribution in [0.25, 0.3) is 0 Å². The van der Waals surface area contributed by atoms with Crippen molar-refractivity contribution in [2.75, 3.05) is 32.8 Å². The number of aliphatic hydroxyl groups excluding tert-OH is 1. The number of piperidine rings is 1. The van der Waals surface area contributed by atoms with Gasteiger partial charge in [-0.25, -0.2) is 0 Å². The molecule has 0 bridgehead atoms. The van der Waals surface area contributed by atoms with Gasteiger partial charge in [0.05, 0.1) is 6.61 Å². The fraction of sp³-hybridized carbons (Fsp3) is 1.00. The fourth-order valence-corrected chi connectivity index (χ4v) is 2.43. The molecule has 0 aromatic carbocycles. The van der Waals surface area contributed by atoms with Gasteiger partial charge in [-0.1, -0.05) is 13.8 Å². The van der Waals surface area contributed by atoms with Crippen LogP contribution in [-0.2, 0) is 0 Å². The number of rotatable bonds is 7. The van der Waals surface area contributed by atoms with Crippen molar-refractivity contribution in [1.82, 2.24) is 10.2 Å². The lowest BCUT2D eigenvalue weighted by Gasteiger charge is -2.31. The van der Waals surface area contributed by atoms with Crippen molar-refractivity contribution in [3.05, 3.63) is 0 Å². The molecule has 0 aromatic heterocycles. The molecule has 0 aliphatic carbocycles. The van der Waals surface area contributed by atoms with Crippen LogP contribution in [0.5, 0.6) is 0 Å². The summed E-state index contributed by atoms with van der Waals surface area (Å²) in [5.74, 6) is 0.852. The maximum Gasteiger partial charge on any atom is 0.0585 e. The summed E-state index contributed by atoms with van der Waals surface area (Å²) in [6.45, 7) is 9.40. The molecule has 0 spiro atoms. The van der Waals surface area contributed by atoms with Gasteiger partial charge in [-0.05, 0) is 51.2 Å². The van der Waals surface area contributed by atoms with Gasteiger partial charge in [0.2, 0.25) is 0 Å². The number of nitrogens with zero attached hydrogens (tertiary/aromatic N) is 1. The van der Waals surface area contributed by atoms with Crippen LogP contribution in [0.2, 0.25) is 0 Å². The van der Waals surface area contributed by atoms with Crippen molar-refractivity contribution >= 4 is 0 Å². The molecule has 1 aliphatic heterocycles. The molecule has 2 N–H and O–H groups in total. The van der Waals surface area contributed by atoms with Crippen LogP contribution in [0, 0.1) is 5.92 Å². The van der Waals surface area contributed by atoms with Gasteiger partial charge in [-0.2, -0.15) is 0 Å². The van der Waals surface area contributed by atoms with Gasteiger partial charge in [0.15, 0.2) is 0 Å². The Morgan fingerprint density at radius 1 is 1.50 bits per heavy atom. The third-order valence-corrected chi connectivity index (χ3v) is 3.44. The van der Waals surface area contributed by atoms with Gasteiger partial charge in [-0.3, -0.25) is 0 Å². The van der Waals surface area contributed by atoms with Crippen LogP contribution in [0.1, 0.15) is 39.5 Å². The molecule has 3 nitrogen and oxygen atoms in total. The first-order valence-electron chi connectivity index (χ1n) is 6.82. The molecule has 0 radical (unpaired) electrons. The molecular weight excluding hydrogens is 200 g/mol. The quantitative estimate of drug-likeness (QED) is 0.692. The maximum absolute atomic E-state index is 9.25. The Bertz CT molecular complexity index is 175. The Morgan fingerprint density at radius 2 is 2.31 bits per heavy atom. The average molecular weight is 228 g/mol. The molecule has 0 amide bonds. The van der Waals surface area contributed by atoms with E-state index in [1.165, 1.54) is 25.9 Å². The van der Waals surface area contributed by atoms with E-state index >= 15 is 0 Å². The monoisotopic (exact) mass is 228 g/mol. The molecule has 96 valence electrons.